The maximum absolute atomic E-state index is 13.6. The van der Waals surface area contributed by atoms with E-state index in [4.69, 9.17) is 16.3 Å². The molecule has 1 heterocycles. The van der Waals surface area contributed by atoms with Gasteiger partial charge in [0, 0.05) is 30.6 Å². The average molecular weight is 364 g/mol. The summed E-state index contributed by atoms with van der Waals surface area (Å²) in [6.07, 6.45) is 0. The number of rotatable bonds is 5. The van der Waals surface area contributed by atoms with E-state index in [-0.39, 0.29) is 18.4 Å². The van der Waals surface area contributed by atoms with Crippen LogP contribution in [0.25, 0.3) is 0 Å². The van der Waals surface area contributed by atoms with Gasteiger partial charge in [0.1, 0.15) is 11.6 Å². The topological polar surface area (TPSA) is 49.8 Å². The van der Waals surface area contributed by atoms with Gasteiger partial charge in [-0.2, -0.15) is 0 Å². The molecule has 0 aromatic heterocycles. The van der Waals surface area contributed by atoms with Crippen molar-refractivity contribution in [2.24, 2.45) is 5.92 Å². The van der Waals surface area contributed by atoms with Crippen LogP contribution in [0.5, 0.6) is 5.75 Å². The third-order valence-corrected chi connectivity index (χ3v) is 4.91. The molecule has 2 atom stereocenters. The van der Waals surface area contributed by atoms with Crippen molar-refractivity contribution in [3.05, 3.63) is 64.4 Å². The molecular weight excluding hydrogens is 345 g/mol. The van der Waals surface area contributed by atoms with Crippen molar-refractivity contribution >= 4 is 17.5 Å². The number of nitrogens with zero attached hydrogens (tertiary/aromatic N) is 1. The summed E-state index contributed by atoms with van der Waals surface area (Å²) in [4.78, 5) is 14.6. The lowest BCUT2D eigenvalue weighted by molar-refractivity contribution is -0.129. The highest BCUT2D eigenvalue weighted by molar-refractivity contribution is 6.31. The molecule has 1 amide bonds. The predicted molar refractivity (Wildman–Crippen MR) is 93.1 cm³/mol. The Labute approximate surface area is 150 Å². The summed E-state index contributed by atoms with van der Waals surface area (Å²) in [5.74, 6) is -0.800. The maximum Gasteiger partial charge on any atom is 0.230 e. The van der Waals surface area contributed by atoms with Crippen molar-refractivity contribution in [2.45, 2.75) is 12.5 Å². The fourth-order valence-electron chi connectivity index (χ4n) is 3.27. The van der Waals surface area contributed by atoms with E-state index in [2.05, 4.69) is 0 Å². The Balaban J connectivity index is 1.84. The zero-order valence-corrected chi connectivity index (χ0v) is 14.5. The molecule has 0 aliphatic carbocycles. The van der Waals surface area contributed by atoms with E-state index in [0.717, 1.165) is 11.3 Å². The van der Waals surface area contributed by atoms with Crippen molar-refractivity contribution < 1.29 is 19.0 Å². The zero-order valence-electron chi connectivity index (χ0n) is 13.8. The molecule has 1 aliphatic heterocycles. The number of aliphatic hydroxyl groups excluding tert-OH is 1. The molecule has 2 aromatic rings. The van der Waals surface area contributed by atoms with Gasteiger partial charge in [0.15, 0.2) is 0 Å². The molecule has 0 spiro atoms. The Morgan fingerprint density at radius 1 is 1.28 bits per heavy atom. The average Bonchev–Trinajstić information content (AvgIpc) is 2.93. The van der Waals surface area contributed by atoms with Crippen molar-refractivity contribution in [3.63, 3.8) is 0 Å². The van der Waals surface area contributed by atoms with Crippen LogP contribution in [0.2, 0.25) is 5.02 Å². The number of carbonyl (C=O) groups excluding carboxylic acids is 1. The van der Waals surface area contributed by atoms with Gasteiger partial charge in [-0.15, -0.1) is 0 Å². The molecule has 132 valence electrons. The van der Waals surface area contributed by atoms with Gasteiger partial charge in [-0.05, 0) is 41.5 Å². The van der Waals surface area contributed by atoms with E-state index in [9.17, 15) is 14.3 Å². The Hall–Kier alpha value is -2.11. The number of ether oxygens (including phenoxy) is 1. The predicted octanol–water partition coefficient (Wildman–Crippen LogP) is 3.22. The summed E-state index contributed by atoms with van der Waals surface area (Å²) < 4.78 is 18.7. The Morgan fingerprint density at radius 3 is 2.64 bits per heavy atom. The second-order valence-electron chi connectivity index (χ2n) is 6.15. The molecular formula is C19H19ClFNO3. The molecule has 25 heavy (non-hydrogen) atoms. The molecule has 6 heteroatoms. The van der Waals surface area contributed by atoms with Crippen LogP contribution in [-0.2, 0) is 11.3 Å². The number of hydrogen-bond donors (Lipinski definition) is 1. The van der Waals surface area contributed by atoms with Gasteiger partial charge in [0.2, 0.25) is 5.91 Å². The van der Waals surface area contributed by atoms with E-state index in [1.165, 1.54) is 18.2 Å². The largest absolute Gasteiger partial charge is 0.497 e. The van der Waals surface area contributed by atoms with Crippen molar-refractivity contribution in [1.29, 1.82) is 0 Å². The Morgan fingerprint density at radius 2 is 2.00 bits per heavy atom. The van der Waals surface area contributed by atoms with Crippen LogP contribution >= 0.6 is 11.6 Å². The van der Waals surface area contributed by atoms with E-state index in [1.54, 1.807) is 12.0 Å². The van der Waals surface area contributed by atoms with E-state index in [0.29, 0.717) is 23.7 Å². The monoisotopic (exact) mass is 363 g/mol. The lowest BCUT2D eigenvalue weighted by atomic mass is 9.89. The van der Waals surface area contributed by atoms with Crippen molar-refractivity contribution in [3.8, 4) is 5.75 Å². The van der Waals surface area contributed by atoms with Crippen LogP contribution in [-0.4, -0.2) is 36.2 Å². The van der Waals surface area contributed by atoms with E-state index < -0.39 is 11.7 Å². The smallest absolute Gasteiger partial charge is 0.230 e. The first-order chi connectivity index (χ1) is 12.0. The van der Waals surface area contributed by atoms with Crippen LogP contribution in [0.4, 0.5) is 4.39 Å². The number of methoxy groups -OCH3 is 1. The number of hydrogen-bond acceptors (Lipinski definition) is 3. The highest BCUT2D eigenvalue weighted by Crippen LogP contribution is 2.38. The summed E-state index contributed by atoms with van der Waals surface area (Å²) in [5, 5.41) is 10.0. The quantitative estimate of drug-likeness (QED) is 0.887. The van der Waals surface area contributed by atoms with Crippen LogP contribution in [0.15, 0.2) is 42.5 Å². The summed E-state index contributed by atoms with van der Waals surface area (Å²) in [7, 11) is 1.60. The molecule has 0 radical (unpaired) electrons. The van der Waals surface area contributed by atoms with E-state index in [1.807, 2.05) is 24.3 Å². The number of halogens is 2. The Bertz CT molecular complexity index is 766. The molecule has 1 saturated heterocycles. The molecule has 1 aliphatic rings. The zero-order chi connectivity index (χ0) is 18.0. The first-order valence-corrected chi connectivity index (χ1v) is 8.38. The SMILES string of the molecule is COc1ccc(CN2CC(CO)C(c3cc(F)ccc3Cl)C2=O)cc1. The van der Waals surface area contributed by atoms with E-state index >= 15 is 0 Å². The van der Waals surface area contributed by atoms with Gasteiger partial charge < -0.3 is 14.7 Å². The molecule has 1 N–H and O–H groups in total. The van der Waals surface area contributed by atoms with Crippen LogP contribution < -0.4 is 4.74 Å². The third kappa shape index (κ3) is 3.62. The minimum absolute atomic E-state index is 0.151. The molecule has 2 unspecified atom stereocenters. The number of benzene rings is 2. The molecule has 0 saturated carbocycles. The molecule has 3 rings (SSSR count). The van der Waals surface area contributed by atoms with Gasteiger partial charge in [0.25, 0.3) is 0 Å². The van der Waals surface area contributed by atoms with Crippen molar-refractivity contribution in [1.82, 2.24) is 4.90 Å². The number of carbonyl (C=O) groups is 1. The van der Waals surface area contributed by atoms with Crippen LogP contribution in [0.1, 0.15) is 17.0 Å². The summed E-state index contributed by atoms with van der Waals surface area (Å²) in [6.45, 7) is 0.657. The minimum atomic E-state index is -0.633. The van der Waals surface area contributed by atoms with Gasteiger partial charge in [0.05, 0.1) is 13.0 Å². The second-order valence-corrected chi connectivity index (χ2v) is 6.56. The second kappa shape index (κ2) is 7.42. The minimum Gasteiger partial charge on any atom is -0.497 e. The lowest BCUT2D eigenvalue weighted by Gasteiger charge is -2.17. The number of amides is 1. The summed E-state index contributed by atoms with van der Waals surface area (Å²) in [6, 6.07) is 11.4. The van der Waals surface area contributed by atoms with Gasteiger partial charge in [-0.25, -0.2) is 4.39 Å². The molecule has 1 fully saturated rings. The van der Waals surface area contributed by atoms with Gasteiger partial charge in [-0.1, -0.05) is 23.7 Å². The highest BCUT2D eigenvalue weighted by Gasteiger charge is 2.41. The normalized spacial score (nSPS) is 20.2. The maximum atomic E-state index is 13.6. The fourth-order valence-corrected chi connectivity index (χ4v) is 3.51. The third-order valence-electron chi connectivity index (χ3n) is 4.56. The molecule has 4 nitrogen and oxygen atoms in total. The first-order valence-electron chi connectivity index (χ1n) is 8.01. The molecule has 0 bridgehead atoms. The lowest BCUT2D eigenvalue weighted by Crippen LogP contribution is -2.26. The number of aliphatic hydroxyl groups is 1. The molecule has 2 aromatic carbocycles. The van der Waals surface area contributed by atoms with Crippen molar-refractivity contribution in [2.75, 3.05) is 20.3 Å². The fraction of sp³-hybridized carbons (Fsp3) is 0.316. The first kappa shape index (κ1) is 17.7. The van der Waals surface area contributed by atoms with Crippen LogP contribution in [0, 0.1) is 11.7 Å². The number of likely N-dealkylation sites (tertiary alicyclic amines) is 1. The van der Waals surface area contributed by atoms with Gasteiger partial charge >= 0.3 is 0 Å². The van der Waals surface area contributed by atoms with Gasteiger partial charge in [-0.3, -0.25) is 4.79 Å². The summed E-state index contributed by atoms with van der Waals surface area (Å²) >= 11 is 6.17. The van der Waals surface area contributed by atoms with Crippen LogP contribution in [0.3, 0.4) is 0 Å². The summed E-state index contributed by atoms with van der Waals surface area (Å²) in [5.41, 5.74) is 1.39. The standard InChI is InChI=1S/C19H19ClFNO3/c1-25-15-5-2-12(3-6-15)9-22-10-13(11-23)18(19(22)24)16-8-14(21)4-7-17(16)20/h2-8,13,18,23H,9-11H2,1H3. The Kier molecular flexibility index (Phi) is 5.25. The highest BCUT2D eigenvalue weighted by atomic mass is 35.5.